The molecule has 0 fully saturated rings. The first-order valence-corrected chi connectivity index (χ1v) is 5.95. The minimum atomic E-state index is -0.194. The Morgan fingerprint density at radius 2 is 2.00 bits per heavy atom. The fraction of sp³-hybridized carbons (Fsp3) is 0.0714. The van der Waals surface area contributed by atoms with Crippen molar-refractivity contribution in [3.8, 4) is 0 Å². The number of nitrogens with two attached hydrogens (primary N) is 1. The first kappa shape index (κ1) is 11.7. The van der Waals surface area contributed by atoms with Crippen LogP contribution in [0, 0.1) is 0 Å². The standard InChI is InChI=1S/C14H13N5/c15-19-14(13-9-16-6-7-18-13)11-4-3-10-2-1-5-17-12(10)8-11/h1-9,14,19H,15H2. The Bertz CT molecular complexity index is 683. The van der Waals surface area contributed by atoms with Gasteiger partial charge in [-0.15, -0.1) is 0 Å². The molecule has 0 spiro atoms. The fourth-order valence-electron chi connectivity index (χ4n) is 2.08. The Morgan fingerprint density at radius 1 is 1.05 bits per heavy atom. The Kier molecular flexibility index (Phi) is 3.14. The molecule has 3 N–H and O–H groups in total. The molecule has 5 heteroatoms. The van der Waals surface area contributed by atoms with Gasteiger partial charge >= 0.3 is 0 Å². The van der Waals surface area contributed by atoms with Gasteiger partial charge in [-0.3, -0.25) is 20.8 Å². The van der Waals surface area contributed by atoms with Crippen LogP contribution in [0.5, 0.6) is 0 Å². The van der Waals surface area contributed by atoms with Crippen LogP contribution >= 0.6 is 0 Å². The van der Waals surface area contributed by atoms with E-state index in [9.17, 15) is 0 Å². The van der Waals surface area contributed by atoms with Crippen LogP contribution in [0.1, 0.15) is 17.3 Å². The summed E-state index contributed by atoms with van der Waals surface area (Å²) in [5.41, 5.74) is 5.49. The van der Waals surface area contributed by atoms with Gasteiger partial charge in [-0.05, 0) is 17.7 Å². The number of hydrogen-bond acceptors (Lipinski definition) is 5. The molecule has 1 aromatic carbocycles. The molecule has 0 aliphatic rings. The highest BCUT2D eigenvalue weighted by atomic mass is 15.2. The van der Waals surface area contributed by atoms with Gasteiger partial charge in [0.2, 0.25) is 0 Å². The van der Waals surface area contributed by atoms with Crippen LogP contribution < -0.4 is 11.3 Å². The molecule has 1 atom stereocenters. The van der Waals surface area contributed by atoms with Crippen molar-refractivity contribution in [1.82, 2.24) is 20.4 Å². The third-order valence-electron chi connectivity index (χ3n) is 3.01. The van der Waals surface area contributed by atoms with Crippen molar-refractivity contribution in [2.75, 3.05) is 0 Å². The lowest BCUT2D eigenvalue weighted by atomic mass is 10.0. The quantitative estimate of drug-likeness (QED) is 0.546. The molecule has 0 saturated carbocycles. The van der Waals surface area contributed by atoms with Crippen LogP contribution in [-0.4, -0.2) is 15.0 Å². The van der Waals surface area contributed by atoms with Gasteiger partial charge in [0.05, 0.1) is 23.4 Å². The average Bonchev–Trinajstić information content (AvgIpc) is 2.49. The lowest BCUT2D eigenvalue weighted by Gasteiger charge is -2.15. The Morgan fingerprint density at radius 3 is 2.79 bits per heavy atom. The topological polar surface area (TPSA) is 76.7 Å². The first-order chi connectivity index (χ1) is 9.38. The lowest BCUT2D eigenvalue weighted by molar-refractivity contribution is 0.618. The molecule has 5 nitrogen and oxygen atoms in total. The minimum Gasteiger partial charge on any atom is -0.271 e. The van der Waals surface area contributed by atoms with Crippen molar-refractivity contribution in [3.63, 3.8) is 0 Å². The van der Waals surface area contributed by atoms with Crippen molar-refractivity contribution in [3.05, 3.63) is 66.4 Å². The molecule has 2 aromatic heterocycles. The second-order valence-corrected chi connectivity index (χ2v) is 4.19. The van der Waals surface area contributed by atoms with Crippen LogP contribution in [0.25, 0.3) is 10.9 Å². The predicted molar refractivity (Wildman–Crippen MR) is 72.9 cm³/mol. The van der Waals surface area contributed by atoms with Gasteiger partial charge in [-0.1, -0.05) is 18.2 Å². The van der Waals surface area contributed by atoms with Crippen molar-refractivity contribution in [2.45, 2.75) is 6.04 Å². The number of nitrogens with zero attached hydrogens (tertiary/aromatic N) is 3. The summed E-state index contributed by atoms with van der Waals surface area (Å²) in [6.07, 6.45) is 6.77. The zero-order valence-electron chi connectivity index (χ0n) is 10.2. The van der Waals surface area contributed by atoms with Crippen LogP contribution in [0.3, 0.4) is 0 Å². The van der Waals surface area contributed by atoms with E-state index in [1.54, 1.807) is 24.8 Å². The second kappa shape index (κ2) is 5.09. The molecule has 2 heterocycles. The van der Waals surface area contributed by atoms with Crippen LogP contribution in [0.4, 0.5) is 0 Å². The number of fused-ring (bicyclic) bond motifs is 1. The summed E-state index contributed by atoms with van der Waals surface area (Å²) in [7, 11) is 0. The summed E-state index contributed by atoms with van der Waals surface area (Å²) in [5, 5.41) is 1.10. The van der Waals surface area contributed by atoms with Gasteiger partial charge in [-0.2, -0.15) is 0 Å². The molecule has 0 aliphatic carbocycles. The number of hydrogen-bond donors (Lipinski definition) is 2. The minimum absolute atomic E-state index is 0.194. The molecular formula is C14H13N5. The van der Waals surface area contributed by atoms with E-state index < -0.39 is 0 Å². The molecule has 3 aromatic rings. The van der Waals surface area contributed by atoms with Crippen molar-refractivity contribution >= 4 is 10.9 Å². The number of rotatable bonds is 3. The Balaban J connectivity index is 2.06. The number of aromatic nitrogens is 3. The highest BCUT2D eigenvalue weighted by Crippen LogP contribution is 2.22. The lowest BCUT2D eigenvalue weighted by Crippen LogP contribution is -2.29. The maximum Gasteiger partial charge on any atom is 0.0897 e. The van der Waals surface area contributed by atoms with E-state index in [1.807, 2.05) is 30.3 Å². The highest BCUT2D eigenvalue weighted by Gasteiger charge is 2.14. The van der Waals surface area contributed by atoms with Crippen molar-refractivity contribution in [2.24, 2.45) is 5.84 Å². The third-order valence-corrected chi connectivity index (χ3v) is 3.01. The molecule has 0 amide bonds. The smallest absolute Gasteiger partial charge is 0.0897 e. The Labute approximate surface area is 110 Å². The summed E-state index contributed by atoms with van der Waals surface area (Å²) < 4.78 is 0. The number of benzene rings is 1. The number of pyridine rings is 1. The summed E-state index contributed by atoms with van der Waals surface area (Å²) in [4.78, 5) is 12.7. The maximum atomic E-state index is 5.64. The van der Waals surface area contributed by atoms with Crippen LogP contribution in [-0.2, 0) is 0 Å². The van der Waals surface area contributed by atoms with Crippen LogP contribution in [0.15, 0.2) is 55.1 Å². The molecule has 0 bridgehead atoms. The molecule has 0 radical (unpaired) electrons. The molecule has 0 saturated heterocycles. The molecule has 94 valence electrons. The molecule has 1 unspecified atom stereocenters. The fourth-order valence-corrected chi connectivity index (χ4v) is 2.08. The zero-order valence-corrected chi connectivity index (χ0v) is 10.2. The maximum absolute atomic E-state index is 5.64. The van der Waals surface area contributed by atoms with E-state index in [4.69, 9.17) is 5.84 Å². The van der Waals surface area contributed by atoms with Gasteiger partial charge in [0.15, 0.2) is 0 Å². The molecule has 3 rings (SSSR count). The van der Waals surface area contributed by atoms with E-state index in [1.165, 1.54) is 0 Å². The predicted octanol–water partition coefficient (Wildman–Crippen LogP) is 1.58. The van der Waals surface area contributed by atoms with E-state index in [2.05, 4.69) is 20.4 Å². The Hall–Kier alpha value is -2.37. The summed E-state index contributed by atoms with van der Waals surface area (Å²) in [5.74, 6) is 5.64. The zero-order chi connectivity index (χ0) is 13.1. The third kappa shape index (κ3) is 2.29. The number of hydrazine groups is 1. The van der Waals surface area contributed by atoms with Gasteiger partial charge in [0.1, 0.15) is 0 Å². The first-order valence-electron chi connectivity index (χ1n) is 5.95. The van der Waals surface area contributed by atoms with Crippen LogP contribution in [0.2, 0.25) is 0 Å². The van der Waals surface area contributed by atoms with Gasteiger partial charge in [0.25, 0.3) is 0 Å². The van der Waals surface area contributed by atoms with Crippen molar-refractivity contribution in [1.29, 1.82) is 0 Å². The van der Waals surface area contributed by atoms with E-state index >= 15 is 0 Å². The normalized spacial score (nSPS) is 12.5. The van der Waals surface area contributed by atoms with E-state index in [0.29, 0.717) is 0 Å². The molecule has 19 heavy (non-hydrogen) atoms. The molecule has 0 aliphatic heterocycles. The summed E-state index contributed by atoms with van der Waals surface area (Å²) in [6, 6.07) is 9.80. The SMILES string of the molecule is NNC(c1ccc2cccnc2c1)c1cnccn1. The highest BCUT2D eigenvalue weighted by molar-refractivity contribution is 5.79. The summed E-state index contributed by atoms with van der Waals surface area (Å²) >= 11 is 0. The van der Waals surface area contributed by atoms with E-state index in [-0.39, 0.29) is 6.04 Å². The summed E-state index contributed by atoms with van der Waals surface area (Å²) in [6.45, 7) is 0. The monoisotopic (exact) mass is 251 g/mol. The second-order valence-electron chi connectivity index (χ2n) is 4.19. The number of nitrogens with one attached hydrogen (secondary N) is 1. The largest absolute Gasteiger partial charge is 0.271 e. The van der Waals surface area contributed by atoms with Gasteiger partial charge in [0, 0.05) is 24.0 Å². The average molecular weight is 251 g/mol. The van der Waals surface area contributed by atoms with Gasteiger partial charge in [-0.25, -0.2) is 5.43 Å². The van der Waals surface area contributed by atoms with Crippen molar-refractivity contribution < 1.29 is 0 Å². The molecular weight excluding hydrogens is 238 g/mol. The van der Waals surface area contributed by atoms with Gasteiger partial charge < -0.3 is 0 Å². The van der Waals surface area contributed by atoms with E-state index in [0.717, 1.165) is 22.2 Å².